The maximum atomic E-state index is 11.8. The molecule has 1 spiro atoms. The molecule has 0 amide bonds. The zero-order valence-corrected chi connectivity index (χ0v) is 11.1. The number of hydrogen-bond acceptors (Lipinski definition) is 3. The lowest BCUT2D eigenvalue weighted by Crippen LogP contribution is -2.42. The Labute approximate surface area is 108 Å². The molecule has 6 unspecified atom stereocenters. The van der Waals surface area contributed by atoms with Crippen molar-refractivity contribution in [3.05, 3.63) is 12.2 Å². The molecular weight excluding hydrogens is 228 g/mol. The van der Waals surface area contributed by atoms with Gasteiger partial charge in [0, 0.05) is 11.5 Å². The van der Waals surface area contributed by atoms with Crippen LogP contribution in [-0.4, -0.2) is 23.3 Å². The van der Waals surface area contributed by atoms with Crippen molar-refractivity contribution in [1.29, 1.82) is 0 Å². The van der Waals surface area contributed by atoms with Gasteiger partial charge in [0.25, 0.3) is 0 Å². The van der Waals surface area contributed by atoms with E-state index < -0.39 is 0 Å². The Hall–Kier alpha value is -0.830. The van der Waals surface area contributed by atoms with E-state index >= 15 is 0 Å². The number of rotatable bonds is 0. The number of carbonyl (C=O) groups is 1. The first-order valence-corrected chi connectivity index (χ1v) is 7.09. The van der Waals surface area contributed by atoms with E-state index in [4.69, 9.17) is 9.47 Å². The summed E-state index contributed by atoms with van der Waals surface area (Å²) in [5, 5.41) is 0. The first-order chi connectivity index (χ1) is 8.49. The molecule has 3 nitrogen and oxygen atoms in total. The topological polar surface area (TPSA) is 38.8 Å². The largest absolute Gasteiger partial charge is 0.455 e. The van der Waals surface area contributed by atoms with Crippen molar-refractivity contribution in [2.75, 3.05) is 0 Å². The fourth-order valence-corrected chi connectivity index (χ4v) is 4.95. The lowest BCUT2D eigenvalue weighted by Gasteiger charge is -2.28. The van der Waals surface area contributed by atoms with Gasteiger partial charge in [0.1, 0.15) is 11.7 Å². The number of ether oxygens (including phenoxy) is 2. The van der Waals surface area contributed by atoms with Crippen molar-refractivity contribution in [1.82, 2.24) is 0 Å². The van der Waals surface area contributed by atoms with E-state index in [1.54, 1.807) is 0 Å². The molecule has 0 radical (unpaired) electrons. The van der Waals surface area contributed by atoms with Crippen molar-refractivity contribution in [2.45, 2.75) is 56.8 Å². The highest BCUT2D eigenvalue weighted by atomic mass is 16.7. The molecular formula is C15H20O3. The molecule has 18 heavy (non-hydrogen) atoms. The van der Waals surface area contributed by atoms with Crippen LogP contribution in [0.3, 0.4) is 0 Å². The van der Waals surface area contributed by atoms with E-state index in [2.05, 4.69) is 20.4 Å². The molecule has 4 fully saturated rings. The van der Waals surface area contributed by atoms with Crippen molar-refractivity contribution >= 4 is 5.97 Å². The number of esters is 1. The van der Waals surface area contributed by atoms with E-state index in [-0.39, 0.29) is 29.2 Å². The molecule has 2 aliphatic heterocycles. The lowest BCUT2D eigenvalue weighted by atomic mass is 9.77. The van der Waals surface area contributed by atoms with Gasteiger partial charge < -0.3 is 9.47 Å². The fourth-order valence-electron chi connectivity index (χ4n) is 4.95. The summed E-state index contributed by atoms with van der Waals surface area (Å²) in [5.41, 5.74) is 0.430. The van der Waals surface area contributed by atoms with Crippen LogP contribution >= 0.6 is 0 Å². The summed E-state index contributed by atoms with van der Waals surface area (Å²) in [7, 11) is 0. The van der Waals surface area contributed by atoms with Crippen molar-refractivity contribution in [3.8, 4) is 0 Å². The standard InChI is InChI=1S/C15H20O3/c1-8-4-5-10-9(2)13(16)17-12(10)15-11(8)6-7-14(15,3)18-15/h8,10-12H,2,4-7H2,1,3H3. The number of hydrogen-bond donors (Lipinski definition) is 0. The van der Waals surface area contributed by atoms with Gasteiger partial charge in [-0.25, -0.2) is 4.79 Å². The van der Waals surface area contributed by atoms with Crippen molar-refractivity contribution in [2.24, 2.45) is 17.8 Å². The van der Waals surface area contributed by atoms with Gasteiger partial charge in [-0.15, -0.1) is 0 Å². The summed E-state index contributed by atoms with van der Waals surface area (Å²) < 4.78 is 11.8. The third-order valence-corrected chi connectivity index (χ3v) is 6.01. The number of fused-ring (bicyclic) bond motifs is 1. The predicted molar refractivity (Wildman–Crippen MR) is 65.9 cm³/mol. The molecule has 2 heterocycles. The molecule has 4 rings (SSSR count). The molecule has 3 heteroatoms. The summed E-state index contributed by atoms with van der Waals surface area (Å²) in [6, 6.07) is 0. The van der Waals surface area contributed by atoms with Crippen LogP contribution in [-0.2, 0) is 14.3 Å². The Morgan fingerprint density at radius 2 is 2.11 bits per heavy atom. The minimum Gasteiger partial charge on any atom is -0.455 e. The maximum Gasteiger partial charge on any atom is 0.334 e. The van der Waals surface area contributed by atoms with Gasteiger partial charge in [0.2, 0.25) is 0 Å². The van der Waals surface area contributed by atoms with Gasteiger partial charge in [0.05, 0.1) is 5.60 Å². The van der Waals surface area contributed by atoms with Crippen LogP contribution in [0.1, 0.15) is 39.5 Å². The highest BCUT2D eigenvalue weighted by molar-refractivity contribution is 5.91. The third-order valence-electron chi connectivity index (χ3n) is 6.01. The summed E-state index contributed by atoms with van der Waals surface area (Å²) in [6.45, 7) is 8.46. The van der Waals surface area contributed by atoms with Crippen LogP contribution in [0.5, 0.6) is 0 Å². The molecule has 0 aromatic carbocycles. The third kappa shape index (κ3) is 1.00. The molecule has 0 aromatic heterocycles. The van der Waals surface area contributed by atoms with Crippen LogP contribution < -0.4 is 0 Å². The lowest BCUT2D eigenvalue weighted by molar-refractivity contribution is -0.143. The van der Waals surface area contributed by atoms with Gasteiger partial charge in [-0.1, -0.05) is 13.5 Å². The summed E-state index contributed by atoms with van der Waals surface area (Å²) >= 11 is 0. The molecule has 0 bridgehead atoms. The van der Waals surface area contributed by atoms with Crippen LogP contribution in [0, 0.1) is 17.8 Å². The second kappa shape index (κ2) is 3.01. The molecule has 0 aromatic rings. The van der Waals surface area contributed by atoms with Gasteiger partial charge >= 0.3 is 5.97 Å². The smallest absolute Gasteiger partial charge is 0.334 e. The van der Waals surface area contributed by atoms with Crippen LogP contribution in [0.15, 0.2) is 12.2 Å². The van der Waals surface area contributed by atoms with E-state index in [0.29, 0.717) is 17.4 Å². The Balaban J connectivity index is 1.81. The van der Waals surface area contributed by atoms with Gasteiger partial charge in [0.15, 0.2) is 0 Å². The number of carbonyl (C=O) groups excluding carboxylic acids is 1. The van der Waals surface area contributed by atoms with E-state index in [1.165, 1.54) is 6.42 Å². The maximum absolute atomic E-state index is 11.8. The average Bonchev–Trinajstić information content (AvgIpc) is 2.73. The molecule has 98 valence electrons. The minimum absolute atomic E-state index is 0.0515. The van der Waals surface area contributed by atoms with Gasteiger partial charge in [-0.05, 0) is 44.4 Å². The van der Waals surface area contributed by atoms with Crippen LogP contribution in [0.2, 0.25) is 0 Å². The summed E-state index contributed by atoms with van der Waals surface area (Å²) in [4.78, 5) is 11.8. The average molecular weight is 248 g/mol. The second-order valence-corrected chi connectivity index (χ2v) is 6.78. The summed E-state index contributed by atoms with van der Waals surface area (Å²) in [6.07, 6.45) is 4.43. The Kier molecular flexibility index (Phi) is 1.84. The number of epoxide rings is 1. The monoisotopic (exact) mass is 248 g/mol. The zero-order chi connectivity index (χ0) is 12.7. The Bertz CT molecular complexity index is 457. The van der Waals surface area contributed by atoms with E-state index in [9.17, 15) is 4.79 Å². The van der Waals surface area contributed by atoms with Crippen LogP contribution in [0.4, 0.5) is 0 Å². The molecule has 2 saturated carbocycles. The molecule has 6 atom stereocenters. The molecule has 4 aliphatic rings. The Morgan fingerprint density at radius 3 is 2.83 bits per heavy atom. The quantitative estimate of drug-likeness (QED) is 0.375. The normalized spacial score (nSPS) is 57.4. The van der Waals surface area contributed by atoms with Gasteiger partial charge in [-0.2, -0.15) is 0 Å². The van der Waals surface area contributed by atoms with Crippen molar-refractivity contribution < 1.29 is 14.3 Å². The highest BCUT2D eigenvalue weighted by Gasteiger charge is 2.81. The van der Waals surface area contributed by atoms with E-state index in [0.717, 1.165) is 19.3 Å². The Morgan fingerprint density at radius 1 is 1.33 bits per heavy atom. The summed E-state index contributed by atoms with van der Waals surface area (Å²) in [5.74, 6) is 1.20. The molecule has 2 aliphatic carbocycles. The zero-order valence-electron chi connectivity index (χ0n) is 11.1. The molecule has 2 saturated heterocycles. The molecule has 0 N–H and O–H groups in total. The first kappa shape index (κ1) is 11.0. The van der Waals surface area contributed by atoms with E-state index in [1.807, 2.05) is 0 Å². The minimum atomic E-state index is -0.197. The van der Waals surface area contributed by atoms with Gasteiger partial charge in [-0.3, -0.25) is 0 Å². The van der Waals surface area contributed by atoms with Crippen molar-refractivity contribution in [3.63, 3.8) is 0 Å². The highest BCUT2D eigenvalue weighted by Crippen LogP contribution is 2.70. The predicted octanol–water partition coefficient (Wildman–Crippen LogP) is 2.45. The van der Waals surface area contributed by atoms with Crippen LogP contribution in [0.25, 0.3) is 0 Å². The fraction of sp³-hybridized carbons (Fsp3) is 0.800. The first-order valence-electron chi connectivity index (χ1n) is 7.09. The second-order valence-electron chi connectivity index (χ2n) is 6.78. The SMILES string of the molecule is C=C1C(=O)OC2C1CCC(C)C1CCC3(C)OC123.